The third kappa shape index (κ3) is 6.08. The fourth-order valence-electron chi connectivity index (χ4n) is 9.85. The first-order valence-corrected chi connectivity index (χ1v) is 21.9. The van der Waals surface area contributed by atoms with Crippen molar-refractivity contribution >= 4 is 71.2 Å². The topological polar surface area (TPSA) is 8.17 Å². The second kappa shape index (κ2) is 14.2. The smallest absolute Gasteiger partial charge is 0.0546 e. The molecule has 0 spiro atoms. The average molecular weight is 799 g/mol. The van der Waals surface area contributed by atoms with Crippen LogP contribution >= 0.6 is 0 Å². The van der Waals surface area contributed by atoms with Gasteiger partial charge in [0.1, 0.15) is 0 Å². The Morgan fingerprint density at radius 2 is 0.903 bits per heavy atom. The van der Waals surface area contributed by atoms with Crippen molar-refractivity contribution in [1.82, 2.24) is 4.57 Å². The maximum absolute atomic E-state index is 2.57. The van der Waals surface area contributed by atoms with E-state index in [4.69, 9.17) is 0 Å². The van der Waals surface area contributed by atoms with Gasteiger partial charge in [-0.3, -0.25) is 0 Å². The summed E-state index contributed by atoms with van der Waals surface area (Å²) >= 11 is 0. The summed E-state index contributed by atoms with van der Waals surface area (Å²) in [7, 11) is 0. The van der Waals surface area contributed by atoms with Gasteiger partial charge in [0.25, 0.3) is 0 Å². The lowest BCUT2D eigenvalue weighted by molar-refractivity contribution is 0.569. The number of rotatable bonds is 6. The van der Waals surface area contributed by atoms with Crippen LogP contribution in [0.15, 0.2) is 194 Å². The summed E-state index contributed by atoms with van der Waals surface area (Å²) in [5.41, 5.74) is 14.4. The van der Waals surface area contributed by atoms with E-state index in [9.17, 15) is 0 Å². The van der Waals surface area contributed by atoms with Crippen LogP contribution in [-0.2, 0) is 10.8 Å². The van der Waals surface area contributed by atoms with E-state index >= 15 is 0 Å². The summed E-state index contributed by atoms with van der Waals surface area (Å²) in [5, 5.41) is 10.1. The Morgan fingerprint density at radius 3 is 1.52 bits per heavy atom. The van der Waals surface area contributed by atoms with Gasteiger partial charge in [0.2, 0.25) is 0 Å². The van der Waals surface area contributed by atoms with Gasteiger partial charge < -0.3 is 9.47 Å². The van der Waals surface area contributed by atoms with Crippen molar-refractivity contribution < 1.29 is 0 Å². The van der Waals surface area contributed by atoms with Gasteiger partial charge in [-0.1, -0.05) is 193 Å². The second-order valence-electron chi connectivity index (χ2n) is 19.0. The lowest BCUT2D eigenvalue weighted by atomic mass is 9.80. The lowest BCUT2D eigenvalue weighted by Crippen LogP contribution is -2.19. The summed E-state index contributed by atoms with van der Waals surface area (Å²) in [6.45, 7) is 14.0. The molecule has 1 aromatic heterocycles. The summed E-state index contributed by atoms with van der Waals surface area (Å²) in [6.07, 6.45) is 0. The van der Waals surface area contributed by atoms with Gasteiger partial charge in [0.15, 0.2) is 0 Å². The molecule has 0 aliphatic carbocycles. The lowest BCUT2D eigenvalue weighted by Gasteiger charge is -2.34. The van der Waals surface area contributed by atoms with Crippen molar-refractivity contribution in [2.45, 2.75) is 52.4 Å². The van der Waals surface area contributed by atoms with Gasteiger partial charge >= 0.3 is 0 Å². The average Bonchev–Trinajstić information content (AvgIpc) is 3.62. The van der Waals surface area contributed by atoms with E-state index in [1.165, 1.54) is 93.2 Å². The highest BCUT2D eigenvalue weighted by Gasteiger charge is 2.28. The molecule has 0 radical (unpaired) electrons. The van der Waals surface area contributed by atoms with Crippen molar-refractivity contribution in [2.75, 3.05) is 4.90 Å². The molecule has 0 bridgehead atoms. The van der Waals surface area contributed by atoms with E-state index in [2.05, 4.69) is 245 Å². The molecular weight excluding hydrogens is 749 g/mol. The number of fused-ring (bicyclic) bond motifs is 3. The van der Waals surface area contributed by atoms with Crippen LogP contribution in [0.3, 0.4) is 0 Å². The number of hydrogen-bond acceptors (Lipinski definition) is 1. The second-order valence-corrected chi connectivity index (χ2v) is 19.0. The normalized spacial score (nSPS) is 12.4. The van der Waals surface area contributed by atoms with E-state index in [0.717, 1.165) is 17.1 Å². The molecule has 0 saturated carbocycles. The molecule has 0 aliphatic heterocycles. The molecule has 0 aliphatic rings. The number of para-hydroxylation sites is 2. The molecule has 10 aromatic carbocycles. The van der Waals surface area contributed by atoms with E-state index in [1.54, 1.807) is 0 Å². The van der Waals surface area contributed by atoms with Crippen LogP contribution in [0.1, 0.15) is 52.7 Å². The first kappa shape index (κ1) is 37.8. The maximum Gasteiger partial charge on any atom is 0.0546 e. The van der Waals surface area contributed by atoms with E-state index in [-0.39, 0.29) is 10.8 Å². The van der Waals surface area contributed by atoms with Crippen LogP contribution in [0.4, 0.5) is 17.1 Å². The monoisotopic (exact) mass is 798 g/mol. The predicted octanol–water partition coefficient (Wildman–Crippen LogP) is 17.1. The van der Waals surface area contributed by atoms with Crippen LogP contribution in [-0.4, -0.2) is 4.57 Å². The summed E-state index contributed by atoms with van der Waals surface area (Å²) in [4.78, 5) is 2.57. The van der Waals surface area contributed by atoms with E-state index < -0.39 is 0 Å². The molecule has 300 valence electrons. The van der Waals surface area contributed by atoms with Gasteiger partial charge in [-0.15, -0.1) is 0 Å². The highest BCUT2D eigenvalue weighted by Crippen LogP contribution is 2.50. The molecule has 0 fully saturated rings. The third-order valence-corrected chi connectivity index (χ3v) is 13.0. The summed E-state index contributed by atoms with van der Waals surface area (Å²) in [6, 6.07) is 72.4. The van der Waals surface area contributed by atoms with Crippen LogP contribution in [0.2, 0.25) is 0 Å². The molecule has 0 unspecified atom stereocenters. The zero-order valence-electron chi connectivity index (χ0n) is 36.4. The Morgan fingerprint density at radius 1 is 0.387 bits per heavy atom. The largest absolute Gasteiger partial charge is 0.309 e. The Bertz CT molecular complexity index is 3380. The van der Waals surface area contributed by atoms with Crippen LogP contribution in [0, 0.1) is 0 Å². The van der Waals surface area contributed by atoms with Crippen LogP contribution in [0.25, 0.3) is 82.1 Å². The van der Waals surface area contributed by atoms with E-state index in [0.29, 0.717) is 0 Å². The molecule has 2 nitrogen and oxygen atoms in total. The number of anilines is 3. The molecule has 62 heavy (non-hydrogen) atoms. The van der Waals surface area contributed by atoms with Gasteiger partial charge in [-0.2, -0.15) is 0 Å². The standard InChI is InChI=1S/C60H50N2/c1-59(2,3)43-36-44(60(4,5)6)38-45(37-43)61(55-27-17-24-46(39-18-9-7-10-19-39)56(55)40-20-11-8-12-21-40)53-34-30-41-29-33-50-54(35-31-42-28-32-49(53)57(41)58(42)50)62-51-25-15-13-22-47(51)48-23-14-16-26-52(48)62/h7-38H,1-6H3. The van der Waals surface area contributed by atoms with Crippen LogP contribution < -0.4 is 4.90 Å². The van der Waals surface area contributed by atoms with Crippen molar-refractivity contribution in [1.29, 1.82) is 0 Å². The maximum atomic E-state index is 2.57. The Kier molecular flexibility index (Phi) is 8.67. The van der Waals surface area contributed by atoms with Crippen LogP contribution in [0.5, 0.6) is 0 Å². The quantitative estimate of drug-likeness (QED) is 0.152. The van der Waals surface area contributed by atoms with Crippen molar-refractivity contribution in [3.63, 3.8) is 0 Å². The Hall–Kier alpha value is -7.16. The molecular formula is C60H50N2. The SMILES string of the molecule is CC(C)(C)c1cc(N(c2cccc(-c3ccccc3)c2-c2ccccc2)c2ccc3ccc4c(-n5c6ccccc6c6ccccc65)ccc5ccc2c3c54)cc(C(C)(C)C)c1. The minimum Gasteiger partial charge on any atom is -0.309 e. The zero-order chi connectivity index (χ0) is 42.3. The van der Waals surface area contributed by atoms with Crippen molar-refractivity contribution in [3.05, 3.63) is 205 Å². The first-order valence-electron chi connectivity index (χ1n) is 21.9. The number of nitrogens with zero attached hydrogens (tertiary/aromatic N) is 2. The molecule has 0 amide bonds. The van der Waals surface area contributed by atoms with E-state index in [1.807, 2.05) is 0 Å². The zero-order valence-corrected chi connectivity index (χ0v) is 36.4. The van der Waals surface area contributed by atoms with Gasteiger partial charge in [-0.25, -0.2) is 0 Å². The van der Waals surface area contributed by atoms with Gasteiger partial charge in [0.05, 0.1) is 28.1 Å². The Labute approximate surface area is 364 Å². The fourth-order valence-corrected chi connectivity index (χ4v) is 9.85. The van der Waals surface area contributed by atoms with Crippen molar-refractivity contribution in [2.24, 2.45) is 0 Å². The minimum atomic E-state index is -0.0678. The highest BCUT2D eigenvalue weighted by molar-refractivity contribution is 6.27. The predicted molar refractivity (Wildman–Crippen MR) is 267 cm³/mol. The minimum absolute atomic E-state index is 0.0678. The number of aromatic nitrogens is 1. The van der Waals surface area contributed by atoms with Crippen molar-refractivity contribution in [3.8, 4) is 27.9 Å². The highest BCUT2D eigenvalue weighted by atomic mass is 15.1. The fraction of sp³-hybridized carbons (Fsp3) is 0.133. The molecule has 0 atom stereocenters. The number of benzene rings is 10. The molecule has 0 saturated heterocycles. The molecule has 11 aromatic rings. The summed E-state index contributed by atoms with van der Waals surface area (Å²) in [5.74, 6) is 0. The molecule has 0 N–H and O–H groups in total. The molecule has 11 rings (SSSR count). The number of hydrogen-bond donors (Lipinski definition) is 0. The molecule has 2 heteroatoms. The first-order chi connectivity index (χ1) is 30.0. The molecule has 1 heterocycles. The third-order valence-electron chi connectivity index (χ3n) is 13.0. The summed E-state index contributed by atoms with van der Waals surface area (Å²) < 4.78 is 2.47. The van der Waals surface area contributed by atoms with Gasteiger partial charge in [-0.05, 0) is 103 Å². The van der Waals surface area contributed by atoms with Gasteiger partial charge in [0, 0.05) is 32.8 Å². The Balaban J connectivity index is 1.25.